The molecule has 1 unspecified atom stereocenters. The van der Waals surface area contributed by atoms with Gasteiger partial charge in [0.15, 0.2) is 0 Å². The zero-order chi connectivity index (χ0) is 14.7. The molecule has 0 aliphatic carbocycles. The van der Waals surface area contributed by atoms with E-state index < -0.39 is 11.0 Å². The second kappa shape index (κ2) is 6.24. The van der Waals surface area contributed by atoms with Crippen LogP contribution in [0.15, 0.2) is 59.6 Å². The summed E-state index contributed by atoms with van der Waals surface area (Å²) in [6.07, 6.45) is 0.867. The minimum absolute atomic E-state index is 0.686. The molecule has 0 amide bonds. The summed E-state index contributed by atoms with van der Waals surface area (Å²) in [6.45, 7) is 2.69. The highest BCUT2D eigenvalue weighted by Crippen LogP contribution is 2.22. The molecular weight excluding hydrogens is 280 g/mol. The summed E-state index contributed by atoms with van der Waals surface area (Å²) in [7, 11) is -1.21. The monoisotopic (exact) mass is 298 g/mol. The van der Waals surface area contributed by atoms with Crippen molar-refractivity contribution in [3.8, 4) is 0 Å². The first-order valence-corrected chi connectivity index (χ1v) is 8.17. The minimum atomic E-state index is -1.21. The number of H-pyrrole nitrogens is 1. The van der Waals surface area contributed by atoms with Crippen molar-refractivity contribution in [1.29, 1.82) is 0 Å². The maximum absolute atomic E-state index is 12.4. The third-order valence-electron chi connectivity index (χ3n) is 3.59. The topological polar surface area (TPSA) is 44.9 Å². The van der Waals surface area contributed by atoms with Crippen molar-refractivity contribution in [1.82, 2.24) is 9.71 Å². The highest BCUT2D eigenvalue weighted by Gasteiger charge is 2.12. The maximum Gasteiger partial charge on any atom is 0.142 e. The molecule has 4 heteroatoms. The minimum Gasteiger partial charge on any atom is -0.346 e. The Hall–Kier alpha value is -1.91. The van der Waals surface area contributed by atoms with E-state index in [2.05, 4.69) is 21.8 Å². The van der Waals surface area contributed by atoms with Crippen molar-refractivity contribution >= 4 is 21.9 Å². The molecule has 0 fully saturated rings. The number of para-hydroxylation sites is 1. The van der Waals surface area contributed by atoms with Gasteiger partial charge in [-0.25, -0.2) is 8.93 Å². The van der Waals surface area contributed by atoms with E-state index in [1.807, 2.05) is 49.4 Å². The van der Waals surface area contributed by atoms with E-state index in [4.69, 9.17) is 0 Å². The van der Waals surface area contributed by atoms with E-state index in [1.54, 1.807) is 0 Å². The van der Waals surface area contributed by atoms with Gasteiger partial charge in [-0.1, -0.05) is 48.5 Å². The molecule has 1 aromatic heterocycles. The molecule has 0 saturated heterocycles. The van der Waals surface area contributed by atoms with Gasteiger partial charge in [0.2, 0.25) is 0 Å². The Labute approximate surface area is 127 Å². The molecule has 0 saturated carbocycles. The Morgan fingerprint density at radius 2 is 1.76 bits per heavy atom. The highest BCUT2D eigenvalue weighted by atomic mass is 32.2. The number of hydrogen-bond donors (Lipinski definition) is 2. The summed E-state index contributed by atoms with van der Waals surface area (Å²) in [4.78, 5) is 3.25. The molecule has 0 aliphatic heterocycles. The molecule has 2 aromatic carbocycles. The second-order valence-corrected chi connectivity index (χ2v) is 6.26. The van der Waals surface area contributed by atoms with Gasteiger partial charge in [-0.05, 0) is 30.5 Å². The van der Waals surface area contributed by atoms with Crippen LogP contribution in [-0.4, -0.2) is 15.7 Å². The molecule has 21 heavy (non-hydrogen) atoms. The zero-order valence-electron chi connectivity index (χ0n) is 11.9. The Kier molecular flexibility index (Phi) is 4.18. The Bertz CT molecular complexity index is 765. The molecule has 3 nitrogen and oxygen atoms in total. The first-order valence-electron chi connectivity index (χ1n) is 7.02. The van der Waals surface area contributed by atoms with Crippen molar-refractivity contribution in [3.63, 3.8) is 0 Å². The molecule has 1 heterocycles. The van der Waals surface area contributed by atoms with Gasteiger partial charge in [0.1, 0.15) is 16.0 Å². The smallest absolute Gasteiger partial charge is 0.142 e. The van der Waals surface area contributed by atoms with Crippen LogP contribution in [0.3, 0.4) is 0 Å². The molecule has 3 aromatic rings. The fraction of sp³-hybridized carbons (Fsp3) is 0.176. The van der Waals surface area contributed by atoms with Crippen LogP contribution in [0.1, 0.15) is 11.1 Å². The van der Waals surface area contributed by atoms with Gasteiger partial charge in [-0.15, -0.1) is 0 Å². The lowest BCUT2D eigenvalue weighted by Crippen LogP contribution is -2.21. The summed E-state index contributed by atoms with van der Waals surface area (Å²) in [5.41, 5.74) is 3.33. The van der Waals surface area contributed by atoms with E-state index in [1.165, 1.54) is 5.56 Å². The summed E-state index contributed by atoms with van der Waals surface area (Å²) >= 11 is 0. The standard InChI is InChI=1S/C17H18N2OS/c1-13-15-9-5-6-10-16(15)19-17(13)21(20)18-12-11-14-7-3-2-4-8-14/h2-10,18-19H,11-12H2,1H3. The summed E-state index contributed by atoms with van der Waals surface area (Å²) in [6, 6.07) is 18.2. The normalized spacial score (nSPS) is 12.6. The molecule has 0 spiro atoms. The number of nitrogens with one attached hydrogen (secondary N) is 2. The van der Waals surface area contributed by atoms with Gasteiger partial charge in [-0.2, -0.15) is 0 Å². The quantitative estimate of drug-likeness (QED) is 0.745. The molecule has 0 radical (unpaired) electrons. The fourth-order valence-corrected chi connectivity index (χ4v) is 3.47. The van der Waals surface area contributed by atoms with Crippen LogP contribution < -0.4 is 4.72 Å². The average Bonchev–Trinajstić information content (AvgIpc) is 2.86. The highest BCUT2D eigenvalue weighted by molar-refractivity contribution is 7.83. The molecule has 0 aliphatic rings. The summed E-state index contributed by atoms with van der Waals surface area (Å²) in [5, 5.41) is 1.90. The van der Waals surface area contributed by atoms with E-state index in [0.29, 0.717) is 6.54 Å². The van der Waals surface area contributed by atoms with Gasteiger partial charge in [0.05, 0.1) is 0 Å². The molecule has 1 atom stereocenters. The average molecular weight is 298 g/mol. The van der Waals surface area contributed by atoms with E-state index in [0.717, 1.165) is 27.9 Å². The number of rotatable bonds is 5. The number of aromatic amines is 1. The Balaban J connectivity index is 1.68. The lowest BCUT2D eigenvalue weighted by Gasteiger charge is -2.04. The first-order chi connectivity index (χ1) is 10.3. The van der Waals surface area contributed by atoms with Crippen molar-refractivity contribution in [3.05, 3.63) is 65.7 Å². The Morgan fingerprint density at radius 3 is 2.52 bits per heavy atom. The number of benzene rings is 2. The fourth-order valence-electron chi connectivity index (χ4n) is 2.45. The number of fused-ring (bicyclic) bond motifs is 1. The van der Waals surface area contributed by atoms with Gasteiger partial charge < -0.3 is 4.98 Å². The van der Waals surface area contributed by atoms with Crippen molar-refractivity contribution in [2.24, 2.45) is 0 Å². The van der Waals surface area contributed by atoms with E-state index in [9.17, 15) is 4.21 Å². The number of hydrogen-bond acceptors (Lipinski definition) is 1. The third kappa shape index (κ3) is 3.06. The van der Waals surface area contributed by atoms with E-state index >= 15 is 0 Å². The van der Waals surface area contributed by atoms with Gasteiger partial charge in [0, 0.05) is 17.4 Å². The maximum atomic E-state index is 12.4. The third-order valence-corrected chi connectivity index (χ3v) is 4.84. The zero-order valence-corrected chi connectivity index (χ0v) is 12.7. The number of aromatic nitrogens is 1. The van der Waals surface area contributed by atoms with Crippen LogP contribution >= 0.6 is 0 Å². The van der Waals surface area contributed by atoms with Crippen LogP contribution in [0.25, 0.3) is 10.9 Å². The van der Waals surface area contributed by atoms with Gasteiger partial charge in [0.25, 0.3) is 0 Å². The van der Waals surface area contributed by atoms with Gasteiger partial charge in [-0.3, -0.25) is 0 Å². The summed E-state index contributed by atoms with van der Waals surface area (Å²) < 4.78 is 15.5. The SMILES string of the molecule is Cc1c(S(=O)NCCc2ccccc2)[nH]c2ccccc12. The first kappa shape index (κ1) is 14.0. The molecule has 108 valence electrons. The van der Waals surface area contributed by atoms with Crippen LogP contribution in [-0.2, 0) is 17.4 Å². The van der Waals surface area contributed by atoms with Crippen LogP contribution in [0.2, 0.25) is 0 Å². The van der Waals surface area contributed by atoms with E-state index in [-0.39, 0.29) is 0 Å². The van der Waals surface area contributed by atoms with Crippen molar-refractivity contribution in [2.45, 2.75) is 18.4 Å². The number of aryl methyl sites for hydroxylation is 1. The van der Waals surface area contributed by atoms with Crippen molar-refractivity contribution in [2.75, 3.05) is 6.54 Å². The summed E-state index contributed by atoms with van der Waals surface area (Å²) in [5.74, 6) is 0. The Morgan fingerprint density at radius 1 is 1.05 bits per heavy atom. The molecular formula is C17H18N2OS. The predicted molar refractivity (Wildman–Crippen MR) is 87.6 cm³/mol. The molecule has 3 rings (SSSR count). The van der Waals surface area contributed by atoms with Crippen LogP contribution in [0, 0.1) is 6.92 Å². The van der Waals surface area contributed by atoms with Crippen molar-refractivity contribution < 1.29 is 4.21 Å². The molecule has 0 bridgehead atoms. The molecule has 2 N–H and O–H groups in total. The second-order valence-electron chi connectivity index (χ2n) is 5.02. The lowest BCUT2D eigenvalue weighted by molar-refractivity contribution is 0.668. The van der Waals surface area contributed by atoms with Crippen LogP contribution in [0.5, 0.6) is 0 Å². The predicted octanol–water partition coefficient (Wildman–Crippen LogP) is 3.33. The van der Waals surface area contributed by atoms with Gasteiger partial charge >= 0.3 is 0 Å². The van der Waals surface area contributed by atoms with Crippen LogP contribution in [0.4, 0.5) is 0 Å². The lowest BCUT2D eigenvalue weighted by atomic mass is 10.2. The largest absolute Gasteiger partial charge is 0.346 e.